The van der Waals surface area contributed by atoms with E-state index in [1.807, 2.05) is 17.9 Å². The first-order chi connectivity index (χ1) is 11.9. The third-order valence-corrected chi connectivity index (χ3v) is 4.49. The zero-order valence-electron chi connectivity index (χ0n) is 14.8. The topological polar surface area (TPSA) is 95.6 Å². The second-order valence-corrected chi connectivity index (χ2v) is 6.70. The fourth-order valence-electron chi connectivity index (χ4n) is 3.24. The van der Waals surface area contributed by atoms with E-state index >= 15 is 0 Å². The lowest BCUT2D eigenvalue weighted by molar-refractivity contribution is -0.000904. The molecule has 0 bridgehead atoms. The van der Waals surface area contributed by atoms with Gasteiger partial charge in [0.1, 0.15) is 12.1 Å². The molecule has 1 N–H and O–H groups in total. The van der Waals surface area contributed by atoms with Gasteiger partial charge in [0, 0.05) is 31.9 Å². The Hall–Kier alpha value is -2.48. The minimum absolute atomic E-state index is 0.213. The van der Waals surface area contributed by atoms with Crippen molar-refractivity contribution < 1.29 is 14.3 Å². The summed E-state index contributed by atoms with van der Waals surface area (Å²) in [5.41, 5.74) is 0.424. The molecule has 0 saturated carbocycles. The number of rotatable bonds is 4. The molecular formula is C17H23N5O3. The highest BCUT2D eigenvalue weighted by Crippen LogP contribution is 2.26. The number of aliphatic hydroxyl groups is 1. The second-order valence-electron chi connectivity index (χ2n) is 6.70. The largest absolute Gasteiger partial charge is 0.438 e. The van der Waals surface area contributed by atoms with Gasteiger partial charge in [-0.25, -0.2) is 15.0 Å². The molecule has 3 rings (SSSR count). The van der Waals surface area contributed by atoms with Crippen LogP contribution in [0.5, 0.6) is 0 Å². The SMILES string of the molecule is Cc1cc(N2CCC[C@](O)(CN(C)C(=O)c3ocnc3C)C2)ncn1. The maximum atomic E-state index is 12.5. The second kappa shape index (κ2) is 6.79. The summed E-state index contributed by atoms with van der Waals surface area (Å²) in [5.74, 6) is 0.731. The van der Waals surface area contributed by atoms with Crippen LogP contribution in [0.15, 0.2) is 23.2 Å². The molecule has 0 aromatic carbocycles. The monoisotopic (exact) mass is 345 g/mol. The number of piperidine rings is 1. The van der Waals surface area contributed by atoms with Gasteiger partial charge in [-0.2, -0.15) is 0 Å². The van der Waals surface area contributed by atoms with Crippen molar-refractivity contribution in [3.8, 4) is 0 Å². The Morgan fingerprint density at radius 3 is 2.88 bits per heavy atom. The van der Waals surface area contributed by atoms with Crippen molar-refractivity contribution in [3.05, 3.63) is 35.9 Å². The Morgan fingerprint density at radius 1 is 1.40 bits per heavy atom. The normalized spacial score (nSPS) is 20.6. The molecule has 8 heteroatoms. The molecule has 1 fully saturated rings. The lowest BCUT2D eigenvalue weighted by Gasteiger charge is -2.41. The molecule has 1 atom stereocenters. The van der Waals surface area contributed by atoms with Crippen molar-refractivity contribution in [3.63, 3.8) is 0 Å². The van der Waals surface area contributed by atoms with E-state index in [9.17, 15) is 9.90 Å². The van der Waals surface area contributed by atoms with E-state index in [-0.39, 0.29) is 18.2 Å². The molecule has 1 amide bonds. The molecule has 134 valence electrons. The lowest BCUT2D eigenvalue weighted by atomic mass is 9.92. The van der Waals surface area contributed by atoms with Gasteiger partial charge in [-0.05, 0) is 26.7 Å². The minimum Gasteiger partial charge on any atom is -0.438 e. The van der Waals surface area contributed by atoms with Crippen LogP contribution in [-0.2, 0) is 0 Å². The van der Waals surface area contributed by atoms with Crippen molar-refractivity contribution in [1.82, 2.24) is 19.9 Å². The van der Waals surface area contributed by atoms with Crippen LogP contribution in [0.25, 0.3) is 0 Å². The molecule has 25 heavy (non-hydrogen) atoms. The summed E-state index contributed by atoms with van der Waals surface area (Å²) >= 11 is 0. The number of β-amino-alcohol motifs (C(OH)–C–C–N with tert-alkyl or cyclic N) is 1. The number of amides is 1. The number of carbonyl (C=O) groups excluding carboxylic acids is 1. The predicted molar refractivity (Wildman–Crippen MR) is 91.4 cm³/mol. The minimum atomic E-state index is -1.00. The van der Waals surface area contributed by atoms with Gasteiger partial charge in [0.2, 0.25) is 5.76 Å². The van der Waals surface area contributed by atoms with Crippen LogP contribution in [0.4, 0.5) is 5.82 Å². The van der Waals surface area contributed by atoms with Gasteiger partial charge in [0.15, 0.2) is 6.39 Å². The summed E-state index contributed by atoms with van der Waals surface area (Å²) in [4.78, 5) is 28.4. The molecule has 1 aliphatic rings. The predicted octanol–water partition coefficient (Wildman–Crippen LogP) is 1.18. The van der Waals surface area contributed by atoms with Crippen molar-refractivity contribution in [2.75, 3.05) is 31.6 Å². The average Bonchev–Trinajstić information content (AvgIpc) is 2.99. The first-order valence-electron chi connectivity index (χ1n) is 8.29. The van der Waals surface area contributed by atoms with E-state index in [1.165, 1.54) is 17.6 Å². The molecule has 2 aromatic rings. The van der Waals surface area contributed by atoms with E-state index in [0.29, 0.717) is 18.7 Å². The molecule has 3 heterocycles. The Labute approximate surface area is 146 Å². The van der Waals surface area contributed by atoms with E-state index in [2.05, 4.69) is 15.0 Å². The van der Waals surface area contributed by atoms with Crippen LogP contribution in [-0.4, -0.2) is 63.1 Å². The highest BCUT2D eigenvalue weighted by molar-refractivity contribution is 5.92. The molecule has 1 aliphatic heterocycles. The van der Waals surface area contributed by atoms with Gasteiger partial charge in [0.05, 0.1) is 17.8 Å². The van der Waals surface area contributed by atoms with Gasteiger partial charge in [0.25, 0.3) is 5.91 Å². The summed E-state index contributed by atoms with van der Waals surface area (Å²) in [5, 5.41) is 11.0. The molecule has 1 saturated heterocycles. The summed E-state index contributed by atoms with van der Waals surface area (Å²) in [6, 6.07) is 1.90. The molecule has 0 spiro atoms. The number of hydrogen-bond donors (Lipinski definition) is 1. The highest BCUT2D eigenvalue weighted by atomic mass is 16.4. The van der Waals surface area contributed by atoms with Crippen molar-refractivity contribution in [2.45, 2.75) is 32.3 Å². The number of anilines is 1. The number of likely N-dealkylation sites (N-methyl/N-ethyl adjacent to an activating group) is 1. The number of nitrogens with zero attached hydrogens (tertiary/aromatic N) is 5. The molecule has 0 aliphatic carbocycles. The lowest BCUT2D eigenvalue weighted by Crippen LogP contribution is -2.55. The number of oxazole rings is 1. The van der Waals surface area contributed by atoms with Crippen LogP contribution >= 0.6 is 0 Å². The first-order valence-corrected chi connectivity index (χ1v) is 8.29. The van der Waals surface area contributed by atoms with Crippen molar-refractivity contribution in [1.29, 1.82) is 0 Å². The van der Waals surface area contributed by atoms with E-state index in [1.54, 1.807) is 14.0 Å². The summed E-state index contributed by atoms with van der Waals surface area (Å²) < 4.78 is 5.16. The fraction of sp³-hybridized carbons (Fsp3) is 0.529. The maximum absolute atomic E-state index is 12.5. The van der Waals surface area contributed by atoms with Gasteiger partial charge in [-0.1, -0.05) is 0 Å². The first kappa shape index (κ1) is 17.3. The molecular weight excluding hydrogens is 322 g/mol. The van der Waals surface area contributed by atoms with E-state index < -0.39 is 5.60 Å². The number of hydrogen-bond acceptors (Lipinski definition) is 7. The van der Waals surface area contributed by atoms with Crippen LogP contribution in [0.1, 0.15) is 34.8 Å². The summed E-state index contributed by atoms with van der Waals surface area (Å²) in [7, 11) is 1.66. The van der Waals surface area contributed by atoms with E-state index in [0.717, 1.165) is 24.5 Å². The highest BCUT2D eigenvalue weighted by Gasteiger charge is 2.36. The molecule has 0 radical (unpaired) electrons. The Balaban J connectivity index is 1.70. The van der Waals surface area contributed by atoms with Gasteiger partial charge in [-0.3, -0.25) is 4.79 Å². The quantitative estimate of drug-likeness (QED) is 0.889. The van der Waals surface area contributed by atoms with Crippen LogP contribution in [0.3, 0.4) is 0 Å². The standard InChI is InChI=1S/C17H23N5O3/c1-12-7-14(19-10-18-12)22-6-4-5-17(24,9-22)8-21(3)16(23)15-13(2)20-11-25-15/h7,10-11,24H,4-6,8-9H2,1-3H3/t17-/m0/s1. The third-order valence-electron chi connectivity index (χ3n) is 4.49. The average molecular weight is 345 g/mol. The van der Waals surface area contributed by atoms with Crippen molar-refractivity contribution >= 4 is 11.7 Å². The zero-order chi connectivity index (χ0) is 18.0. The van der Waals surface area contributed by atoms with Crippen molar-refractivity contribution in [2.24, 2.45) is 0 Å². The third kappa shape index (κ3) is 3.79. The Kier molecular flexibility index (Phi) is 4.71. The smallest absolute Gasteiger partial charge is 0.291 e. The Morgan fingerprint density at radius 2 is 2.20 bits per heavy atom. The molecule has 2 aromatic heterocycles. The summed E-state index contributed by atoms with van der Waals surface area (Å²) in [6.07, 6.45) is 4.23. The molecule has 0 unspecified atom stereocenters. The number of carbonyl (C=O) groups is 1. The fourth-order valence-corrected chi connectivity index (χ4v) is 3.24. The zero-order valence-corrected chi connectivity index (χ0v) is 14.8. The van der Waals surface area contributed by atoms with Crippen LogP contribution in [0, 0.1) is 13.8 Å². The summed E-state index contributed by atoms with van der Waals surface area (Å²) in [6.45, 7) is 5.08. The van der Waals surface area contributed by atoms with Crippen LogP contribution < -0.4 is 4.90 Å². The molecule has 8 nitrogen and oxygen atoms in total. The maximum Gasteiger partial charge on any atom is 0.291 e. The van der Waals surface area contributed by atoms with Crippen LogP contribution in [0.2, 0.25) is 0 Å². The van der Waals surface area contributed by atoms with Gasteiger partial charge < -0.3 is 19.3 Å². The number of aryl methyl sites for hydroxylation is 2. The van der Waals surface area contributed by atoms with E-state index in [4.69, 9.17) is 4.42 Å². The number of aromatic nitrogens is 3. The van der Waals surface area contributed by atoms with Gasteiger partial charge >= 0.3 is 0 Å². The van der Waals surface area contributed by atoms with Gasteiger partial charge in [-0.15, -0.1) is 0 Å². The Bertz CT molecular complexity index is 762.